The number of nitrogens with zero attached hydrogens (tertiary/aromatic N) is 2. The Kier molecular flexibility index (Phi) is 5.63. The van der Waals surface area contributed by atoms with Crippen molar-refractivity contribution in [2.75, 3.05) is 35.6 Å². The lowest BCUT2D eigenvalue weighted by Gasteiger charge is -2.08. The Morgan fingerprint density at radius 1 is 1.39 bits per heavy atom. The van der Waals surface area contributed by atoms with E-state index in [0.717, 1.165) is 0 Å². The molecule has 1 heterocycles. The molecule has 0 aliphatic carbocycles. The van der Waals surface area contributed by atoms with E-state index in [0.29, 0.717) is 29.8 Å². The number of aromatic nitrogens is 2. The summed E-state index contributed by atoms with van der Waals surface area (Å²) >= 11 is 1.40. The number of rotatable bonds is 7. The molecule has 0 aliphatic rings. The zero-order valence-electron chi connectivity index (χ0n) is 10.3. The number of thioether (sulfide) groups is 1. The zero-order chi connectivity index (χ0) is 13.6. The monoisotopic (exact) mass is 291 g/mol. The van der Waals surface area contributed by atoms with Gasteiger partial charge in [-0.25, -0.2) is 24.2 Å². The van der Waals surface area contributed by atoms with Crippen molar-refractivity contribution in [2.24, 2.45) is 5.84 Å². The molecule has 1 aromatic rings. The van der Waals surface area contributed by atoms with Crippen LogP contribution in [-0.4, -0.2) is 43.2 Å². The van der Waals surface area contributed by atoms with Gasteiger partial charge >= 0.3 is 0 Å². The van der Waals surface area contributed by atoms with Gasteiger partial charge in [-0.2, -0.15) is 0 Å². The van der Waals surface area contributed by atoms with Gasteiger partial charge in [-0.1, -0.05) is 11.8 Å². The number of anilines is 2. The second kappa shape index (κ2) is 6.76. The lowest BCUT2D eigenvalue weighted by molar-refractivity contribution is 0.600. The van der Waals surface area contributed by atoms with Crippen molar-refractivity contribution in [3.63, 3.8) is 0 Å². The first-order chi connectivity index (χ1) is 8.44. The predicted molar refractivity (Wildman–Crippen MR) is 74.4 cm³/mol. The van der Waals surface area contributed by atoms with Gasteiger partial charge < -0.3 is 10.7 Å². The molecule has 0 saturated heterocycles. The van der Waals surface area contributed by atoms with Crippen LogP contribution in [0.2, 0.25) is 0 Å². The molecule has 0 amide bonds. The lowest BCUT2D eigenvalue weighted by atomic mass is 10.4. The minimum Gasteiger partial charge on any atom is -0.370 e. The van der Waals surface area contributed by atoms with Gasteiger partial charge in [0.2, 0.25) is 0 Å². The molecule has 0 fully saturated rings. The van der Waals surface area contributed by atoms with Gasteiger partial charge in [0.15, 0.2) is 5.16 Å². The number of nitrogen functional groups attached to an aromatic ring is 1. The number of nitrogens with one attached hydrogen (secondary N) is 2. The molecule has 7 nitrogen and oxygen atoms in total. The van der Waals surface area contributed by atoms with E-state index < -0.39 is 9.84 Å². The molecule has 18 heavy (non-hydrogen) atoms. The molecule has 9 heteroatoms. The summed E-state index contributed by atoms with van der Waals surface area (Å²) in [5.41, 5.74) is 2.46. The fourth-order valence-electron chi connectivity index (χ4n) is 1.23. The summed E-state index contributed by atoms with van der Waals surface area (Å²) in [7, 11) is -2.91. The van der Waals surface area contributed by atoms with E-state index >= 15 is 0 Å². The van der Waals surface area contributed by atoms with Crippen molar-refractivity contribution in [1.82, 2.24) is 9.97 Å². The Labute approximate surface area is 111 Å². The van der Waals surface area contributed by atoms with E-state index in [-0.39, 0.29) is 5.75 Å². The van der Waals surface area contributed by atoms with Crippen LogP contribution >= 0.6 is 11.8 Å². The third-order valence-corrected chi connectivity index (χ3v) is 3.61. The smallest absolute Gasteiger partial charge is 0.191 e. The first-order valence-corrected chi connectivity index (χ1v) is 8.54. The quantitative estimate of drug-likeness (QED) is 0.217. The van der Waals surface area contributed by atoms with Crippen LogP contribution in [0.4, 0.5) is 11.6 Å². The minimum atomic E-state index is -2.91. The second-order valence-electron chi connectivity index (χ2n) is 3.68. The van der Waals surface area contributed by atoms with Crippen LogP contribution in [0.15, 0.2) is 11.2 Å². The molecule has 1 rings (SSSR count). The van der Waals surface area contributed by atoms with E-state index in [9.17, 15) is 8.42 Å². The molecule has 0 aliphatic heterocycles. The van der Waals surface area contributed by atoms with Gasteiger partial charge in [0, 0.05) is 18.9 Å². The highest BCUT2D eigenvalue weighted by Gasteiger charge is 2.04. The van der Waals surface area contributed by atoms with Gasteiger partial charge in [-0.05, 0) is 12.7 Å². The Morgan fingerprint density at radius 3 is 2.61 bits per heavy atom. The number of hydrogen-bond acceptors (Lipinski definition) is 8. The fourth-order valence-corrected chi connectivity index (χ4v) is 2.28. The van der Waals surface area contributed by atoms with Gasteiger partial charge in [0.1, 0.15) is 21.5 Å². The molecule has 1 aromatic heterocycles. The van der Waals surface area contributed by atoms with Gasteiger partial charge in [0.25, 0.3) is 0 Å². The molecule has 0 bridgehead atoms. The predicted octanol–water partition coefficient (Wildman–Crippen LogP) is 0.331. The minimum absolute atomic E-state index is 0.155. The zero-order valence-corrected chi connectivity index (χ0v) is 11.9. The van der Waals surface area contributed by atoms with Crippen molar-refractivity contribution in [1.29, 1.82) is 0 Å². The Hall–Kier alpha value is -1.06. The molecule has 0 radical (unpaired) electrons. The van der Waals surface area contributed by atoms with E-state index in [1.165, 1.54) is 18.0 Å². The maximum atomic E-state index is 11.0. The van der Waals surface area contributed by atoms with Crippen LogP contribution < -0.4 is 16.6 Å². The SMILES string of the molecule is CSc1nc(NN)cc(NCCCS(C)(=O)=O)n1. The normalized spacial score (nSPS) is 11.3. The van der Waals surface area contributed by atoms with E-state index in [4.69, 9.17) is 5.84 Å². The highest BCUT2D eigenvalue weighted by Crippen LogP contribution is 2.16. The molecular formula is C9H17N5O2S2. The average Bonchev–Trinajstić information content (AvgIpc) is 2.33. The summed E-state index contributed by atoms with van der Waals surface area (Å²) in [4.78, 5) is 8.35. The summed E-state index contributed by atoms with van der Waals surface area (Å²) in [6.07, 6.45) is 3.62. The number of hydrazine groups is 1. The van der Waals surface area contributed by atoms with Crippen LogP contribution in [0.3, 0.4) is 0 Å². The van der Waals surface area contributed by atoms with E-state index in [1.54, 1.807) is 6.07 Å². The van der Waals surface area contributed by atoms with Crippen LogP contribution in [0, 0.1) is 0 Å². The number of sulfone groups is 1. The maximum Gasteiger partial charge on any atom is 0.191 e. The first kappa shape index (κ1) is 15.0. The van der Waals surface area contributed by atoms with Crippen LogP contribution in [-0.2, 0) is 9.84 Å². The molecular weight excluding hydrogens is 274 g/mol. The summed E-state index contributed by atoms with van der Waals surface area (Å²) < 4.78 is 21.9. The summed E-state index contributed by atoms with van der Waals surface area (Å²) in [6, 6.07) is 1.67. The largest absolute Gasteiger partial charge is 0.370 e. The van der Waals surface area contributed by atoms with Crippen LogP contribution in [0.1, 0.15) is 6.42 Å². The van der Waals surface area contributed by atoms with Gasteiger partial charge in [-0.15, -0.1) is 0 Å². The Morgan fingerprint density at radius 2 is 2.06 bits per heavy atom. The summed E-state index contributed by atoms with van der Waals surface area (Å²) in [5.74, 6) is 6.59. The molecule has 0 saturated carbocycles. The van der Waals surface area contributed by atoms with E-state index in [2.05, 4.69) is 20.7 Å². The maximum absolute atomic E-state index is 11.0. The van der Waals surface area contributed by atoms with Crippen molar-refractivity contribution in [2.45, 2.75) is 11.6 Å². The molecule has 0 atom stereocenters. The van der Waals surface area contributed by atoms with Crippen molar-refractivity contribution < 1.29 is 8.42 Å². The number of nitrogens with two attached hydrogens (primary N) is 1. The third-order valence-electron chi connectivity index (χ3n) is 2.03. The molecule has 0 unspecified atom stereocenters. The number of hydrogen-bond donors (Lipinski definition) is 3. The third kappa shape index (κ3) is 5.52. The summed E-state index contributed by atoms with van der Waals surface area (Å²) in [6.45, 7) is 0.530. The molecule has 4 N–H and O–H groups in total. The standard InChI is InChI=1S/C9H17N5O2S2/c1-17-9-12-7(6-8(13-9)14-10)11-4-3-5-18(2,15)16/h6H,3-5,10H2,1-2H3,(H2,11,12,13,14). The average molecular weight is 291 g/mol. The second-order valence-corrected chi connectivity index (χ2v) is 6.71. The van der Waals surface area contributed by atoms with Gasteiger partial charge in [-0.3, -0.25) is 0 Å². The Bertz CT molecular complexity index is 469. The highest BCUT2D eigenvalue weighted by atomic mass is 32.2. The summed E-state index contributed by atoms with van der Waals surface area (Å²) in [5, 5.41) is 3.64. The van der Waals surface area contributed by atoms with Crippen molar-refractivity contribution in [3.8, 4) is 0 Å². The first-order valence-electron chi connectivity index (χ1n) is 5.26. The highest BCUT2D eigenvalue weighted by molar-refractivity contribution is 7.98. The van der Waals surface area contributed by atoms with Crippen LogP contribution in [0.5, 0.6) is 0 Å². The topological polar surface area (TPSA) is 110 Å². The molecule has 102 valence electrons. The molecule has 0 aromatic carbocycles. The van der Waals surface area contributed by atoms with Crippen LogP contribution in [0.25, 0.3) is 0 Å². The fraction of sp³-hybridized carbons (Fsp3) is 0.556. The lowest BCUT2D eigenvalue weighted by Crippen LogP contribution is -2.13. The van der Waals surface area contributed by atoms with Gasteiger partial charge in [0.05, 0.1) is 5.75 Å². The van der Waals surface area contributed by atoms with Crippen molar-refractivity contribution in [3.05, 3.63) is 6.07 Å². The Balaban J connectivity index is 2.56. The van der Waals surface area contributed by atoms with Crippen molar-refractivity contribution >= 4 is 33.2 Å². The molecule has 0 spiro atoms. The van der Waals surface area contributed by atoms with E-state index in [1.807, 2.05) is 6.26 Å².